The summed E-state index contributed by atoms with van der Waals surface area (Å²) in [6.45, 7) is 0.0177. The molecule has 0 heterocycles. The van der Waals surface area contributed by atoms with Crippen molar-refractivity contribution in [2.75, 3.05) is 10.8 Å². The number of amides is 3. The zero-order valence-electron chi connectivity index (χ0n) is 37.1. The second kappa shape index (κ2) is 21.4. The van der Waals surface area contributed by atoms with Gasteiger partial charge in [0, 0.05) is 39.2 Å². The highest BCUT2D eigenvalue weighted by molar-refractivity contribution is 6.10. The molecule has 0 saturated heterocycles. The summed E-state index contributed by atoms with van der Waals surface area (Å²) in [5, 5.41) is 48.3. The Morgan fingerprint density at radius 1 is 0.589 bits per heavy atom. The second-order valence-corrected chi connectivity index (χ2v) is 15.4. The summed E-state index contributed by atoms with van der Waals surface area (Å²) in [6.07, 6.45) is -8.56. The molecule has 0 atom stereocenters. The van der Waals surface area contributed by atoms with Gasteiger partial charge in [0.05, 0.1) is 22.6 Å². The van der Waals surface area contributed by atoms with Crippen molar-refractivity contribution in [2.24, 2.45) is 25.6 Å². The molecule has 16 nitrogen and oxygen atoms in total. The number of carbonyl (C=O) groups is 3. The molecule has 0 saturated carbocycles. The number of halogens is 6. The summed E-state index contributed by atoms with van der Waals surface area (Å²) >= 11 is 0. The Hall–Kier alpha value is -9.86. The van der Waals surface area contributed by atoms with Crippen molar-refractivity contribution in [2.45, 2.75) is 19.1 Å². The van der Waals surface area contributed by atoms with E-state index in [1.165, 1.54) is 54.6 Å². The summed E-state index contributed by atoms with van der Waals surface area (Å²) < 4.78 is 80.5. The van der Waals surface area contributed by atoms with E-state index in [4.69, 9.17) is 9.68 Å². The Kier molecular flexibility index (Phi) is 14.5. The highest BCUT2D eigenvalue weighted by Crippen LogP contribution is 2.39. The fourth-order valence-corrected chi connectivity index (χ4v) is 6.96. The molecule has 8 aromatic rings. The summed E-state index contributed by atoms with van der Waals surface area (Å²) in [5.74, 6) is -1.94. The Labute approximate surface area is 407 Å². The average Bonchev–Trinajstić information content (AvgIpc) is 3.36. The van der Waals surface area contributed by atoms with Gasteiger partial charge in [0.25, 0.3) is 5.91 Å². The number of nitrogens with zero attached hydrogens (tertiary/aromatic N) is 5. The normalized spacial score (nSPS) is 11.9. The van der Waals surface area contributed by atoms with Crippen LogP contribution in [0.2, 0.25) is 0 Å². The number of ketones is 1. The monoisotopic (exact) mass is 1000 g/mol. The standard InChI is InChI=1S/C51H34F6N8O8/c52-50(53,54)35-3-1-4-38(25-35)59-49(70)60-48(69)34-12-20-42-33(24-34)14-22-44(67)46(42)64-62-37-17-10-31(11-18-37)47(68)30-8-15-36(16-9-30)61-63-45-41-19-7-29(23-32(41)13-21-43(45)66)27-71-58-28-72-65-39-5-2-6-40(26-39)73-51(55,56)57/h1-26,28,65-67H,27H2,(H2,59,60,69,70). The summed E-state index contributed by atoms with van der Waals surface area (Å²) in [6, 6.07) is 35.9. The van der Waals surface area contributed by atoms with Crippen LogP contribution >= 0.6 is 0 Å². The van der Waals surface area contributed by atoms with Crippen molar-refractivity contribution in [3.05, 3.63) is 186 Å². The number of hydrogen-bond donors (Lipinski definition) is 5. The minimum absolute atomic E-state index is 0.0177. The number of phenols is 2. The third-order valence-electron chi connectivity index (χ3n) is 10.4. The van der Waals surface area contributed by atoms with Crippen molar-refractivity contribution in [3.8, 4) is 17.2 Å². The maximum absolute atomic E-state index is 13.4. The Balaban J connectivity index is 0.846. The van der Waals surface area contributed by atoms with E-state index in [1.807, 2.05) is 0 Å². The molecule has 0 aromatic heterocycles. The van der Waals surface area contributed by atoms with Gasteiger partial charge in [-0.2, -0.15) is 23.4 Å². The van der Waals surface area contributed by atoms with Gasteiger partial charge >= 0.3 is 18.6 Å². The van der Waals surface area contributed by atoms with E-state index < -0.39 is 35.8 Å². The molecule has 0 unspecified atom stereocenters. The van der Waals surface area contributed by atoms with Gasteiger partial charge in [-0.05, 0) is 126 Å². The van der Waals surface area contributed by atoms with Gasteiger partial charge in [-0.15, -0.1) is 23.4 Å². The molecule has 8 aromatic carbocycles. The van der Waals surface area contributed by atoms with Crippen LogP contribution in [0.25, 0.3) is 21.5 Å². The number of hydrogen-bond acceptors (Lipinski definition) is 14. The van der Waals surface area contributed by atoms with Crippen molar-refractivity contribution >= 4 is 79.8 Å². The Morgan fingerprint density at radius 3 is 1.78 bits per heavy atom. The van der Waals surface area contributed by atoms with E-state index in [0.717, 1.165) is 36.7 Å². The number of phenolic OH excluding ortho intramolecular Hbond substituents is 2. The second-order valence-electron chi connectivity index (χ2n) is 15.4. The lowest BCUT2D eigenvalue weighted by Gasteiger charge is -2.11. The SMILES string of the molecule is O=C(NC(=O)c1ccc2c(N=Nc3ccc(C(=O)c4ccc(N=Nc5c(O)ccc6cc(CON=CONc7cccc(OC(F)(F)F)c7)ccc56)cc4)cc3)c(O)ccc2c1)Nc1cccc(C(F)(F)F)c1. The molecule has 0 aliphatic rings. The van der Waals surface area contributed by atoms with E-state index >= 15 is 0 Å². The van der Waals surface area contributed by atoms with Crippen LogP contribution in [0.1, 0.15) is 37.4 Å². The number of alkyl halides is 6. The fraction of sp³-hybridized carbons (Fsp3) is 0.0588. The molecular formula is C51H34F6N8O8. The number of nitrogens with one attached hydrogen (secondary N) is 3. The molecular weight excluding hydrogens is 967 g/mol. The highest BCUT2D eigenvalue weighted by Gasteiger charge is 2.32. The van der Waals surface area contributed by atoms with Crippen LogP contribution < -0.4 is 20.9 Å². The maximum atomic E-state index is 13.4. The molecule has 0 aliphatic heterocycles. The van der Waals surface area contributed by atoms with Crippen LogP contribution in [0, 0.1) is 0 Å². The third-order valence-corrected chi connectivity index (χ3v) is 10.4. The van der Waals surface area contributed by atoms with Gasteiger partial charge in [-0.3, -0.25) is 14.9 Å². The van der Waals surface area contributed by atoms with Crippen molar-refractivity contribution in [3.63, 3.8) is 0 Å². The molecule has 0 radical (unpaired) electrons. The zero-order chi connectivity index (χ0) is 51.7. The van der Waals surface area contributed by atoms with E-state index in [0.29, 0.717) is 49.6 Å². The fourth-order valence-electron chi connectivity index (χ4n) is 6.96. The number of imide groups is 1. The minimum Gasteiger partial charge on any atom is -0.506 e. The summed E-state index contributed by atoms with van der Waals surface area (Å²) in [7, 11) is 0. The topological polar surface area (TPSA) is 217 Å². The van der Waals surface area contributed by atoms with E-state index in [2.05, 4.69) is 46.5 Å². The van der Waals surface area contributed by atoms with E-state index in [9.17, 15) is 50.9 Å². The first-order chi connectivity index (χ1) is 35.0. The van der Waals surface area contributed by atoms with Crippen molar-refractivity contribution < 1.29 is 65.4 Å². The van der Waals surface area contributed by atoms with E-state index in [1.54, 1.807) is 72.8 Å². The number of azo groups is 2. The number of rotatable bonds is 15. The largest absolute Gasteiger partial charge is 0.573 e. The molecule has 5 N–H and O–H groups in total. The number of fused-ring (bicyclic) bond motifs is 2. The highest BCUT2D eigenvalue weighted by atomic mass is 19.4. The smallest absolute Gasteiger partial charge is 0.506 e. The average molecular weight is 1000 g/mol. The molecule has 0 fully saturated rings. The minimum atomic E-state index is -4.84. The van der Waals surface area contributed by atoms with E-state index in [-0.39, 0.29) is 52.2 Å². The van der Waals surface area contributed by atoms with Crippen molar-refractivity contribution in [1.29, 1.82) is 0 Å². The van der Waals surface area contributed by atoms with Crippen LogP contribution in [0.4, 0.5) is 65.3 Å². The molecule has 73 heavy (non-hydrogen) atoms. The first kappa shape index (κ1) is 49.6. The van der Waals surface area contributed by atoms with Gasteiger partial charge in [-0.1, -0.05) is 47.6 Å². The number of benzene rings is 8. The van der Waals surface area contributed by atoms with Crippen LogP contribution in [0.3, 0.4) is 0 Å². The van der Waals surface area contributed by atoms with Crippen LogP contribution in [0.5, 0.6) is 17.2 Å². The first-order valence-corrected chi connectivity index (χ1v) is 21.3. The number of ether oxygens (including phenoxy) is 1. The lowest BCUT2D eigenvalue weighted by molar-refractivity contribution is -0.274. The van der Waals surface area contributed by atoms with Gasteiger partial charge in [0.15, 0.2) is 5.78 Å². The molecule has 368 valence electrons. The van der Waals surface area contributed by atoms with Gasteiger partial charge in [0.2, 0.25) is 6.40 Å². The van der Waals surface area contributed by atoms with Crippen molar-refractivity contribution in [1.82, 2.24) is 5.32 Å². The zero-order valence-corrected chi connectivity index (χ0v) is 37.1. The maximum Gasteiger partial charge on any atom is 0.573 e. The lowest BCUT2D eigenvalue weighted by atomic mass is 10.0. The third kappa shape index (κ3) is 12.9. The molecule has 0 bridgehead atoms. The Morgan fingerprint density at radius 2 is 1.16 bits per heavy atom. The molecule has 22 heteroatoms. The van der Waals surface area contributed by atoms with Crippen LogP contribution in [-0.4, -0.2) is 40.7 Å². The number of anilines is 2. The number of urea groups is 1. The molecule has 0 aliphatic carbocycles. The van der Waals surface area contributed by atoms with Gasteiger partial charge in [0.1, 0.15) is 35.2 Å². The number of carbonyl (C=O) groups excluding carboxylic acids is 3. The van der Waals surface area contributed by atoms with Crippen LogP contribution in [0.15, 0.2) is 183 Å². The lowest BCUT2D eigenvalue weighted by Crippen LogP contribution is -2.34. The molecule has 0 spiro atoms. The Bertz CT molecular complexity index is 3460. The summed E-state index contributed by atoms with van der Waals surface area (Å²) in [5.41, 5.74) is 3.83. The van der Waals surface area contributed by atoms with Crippen LogP contribution in [-0.2, 0) is 22.5 Å². The number of oxime groups is 1. The van der Waals surface area contributed by atoms with Gasteiger partial charge in [-0.25, -0.2) is 10.3 Å². The predicted octanol–water partition coefficient (Wildman–Crippen LogP) is 13.8. The molecule has 3 amide bonds. The quantitative estimate of drug-likeness (QED) is 0.0165. The molecule has 8 rings (SSSR count). The number of aromatic hydroxyl groups is 2. The first-order valence-electron chi connectivity index (χ1n) is 21.3. The predicted molar refractivity (Wildman–Crippen MR) is 255 cm³/mol. The van der Waals surface area contributed by atoms with Gasteiger partial charge < -0.3 is 29.9 Å². The summed E-state index contributed by atoms with van der Waals surface area (Å²) in [4.78, 5) is 48.9.